The molecular formula is C25H32IN5O2. The summed E-state index contributed by atoms with van der Waals surface area (Å²) in [4.78, 5) is 30.7. The molecule has 1 saturated heterocycles. The Labute approximate surface area is 212 Å². The molecule has 2 amide bonds. The Morgan fingerprint density at radius 1 is 1.12 bits per heavy atom. The molecule has 1 unspecified atom stereocenters. The highest BCUT2D eigenvalue weighted by Gasteiger charge is 2.24. The summed E-state index contributed by atoms with van der Waals surface area (Å²) in [6.45, 7) is 5.47. The van der Waals surface area contributed by atoms with E-state index in [0.717, 1.165) is 47.8 Å². The lowest BCUT2D eigenvalue weighted by Crippen LogP contribution is -2.40. The number of fused-ring (bicyclic) bond motifs is 1. The molecule has 2 aliphatic rings. The van der Waals surface area contributed by atoms with E-state index in [9.17, 15) is 9.59 Å². The van der Waals surface area contributed by atoms with E-state index in [2.05, 4.69) is 40.2 Å². The van der Waals surface area contributed by atoms with Crippen molar-refractivity contribution in [2.45, 2.75) is 45.2 Å². The fourth-order valence-electron chi connectivity index (χ4n) is 4.33. The molecule has 7 nitrogen and oxygen atoms in total. The van der Waals surface area contributed by atoms with Crippen LogP contribution in [0.1, 0.15) is 48.8 Å². The summed E-state index contributed by atoms with van der Waals surface area (Å²) < 4.78 is 0. The van der Waals surface area contributed by atoms with Crippen LogP contribution in [0.2, 0.25) is 0 Å². The molecule has 0 bridgehead atoms. The van der Waals surface area contributed by atoms with Gasteiger partial charge in [-0.2, -0.15) is 0 Å². The summed E-state index contributed by atoms with van der Waals surface area (Å²) in [5.74, 6) is 1.12. The van der Waals surface area contributed by atoms with Crippen molar-refractivity contribution < 1.29 is 9.59 Å². The Morgan fingerprint density at radius 2 is 1.94 bits per heavy atom. The second-order valence-electron chi connectivity index (χ2n) is 8.35. The molecule has 8 heteroatoms. The smallest absolute Gasteiger partial charge is 0.225 e. The number of carbonyl (C=O) groups is 2. The molecule has 2 aromatic rings. The normalized spacial score (nSPS) is 17.8. The van der Waals surface area contributed by atoms with Crippen molar-refractivity contribution in [1.82, 2.24) is 15.5 Å². The third kappa shape index (κ3) is 6.69. The number of nitrogens with zero attached hydrogens (tertiary/aromatic N) is 2. The number of anilines is 1. The zero-order chi connectivity index (χ0) is 22.3. The lowest BCUT2D eigenvalue weighted by Gasteiger charge is -2.26. The molecule has 176 valence electrons. The summed E-state index contributed by atoms with van der Waals surface area (Å²) in [7, 11) is 0. The van der Waals surface area contributed by atoms with Gasteiger partial charge in [-0.15, -0.1) is 24.0 Å². The van der Waals surface area contributed by atoms with Crippen molar-refractivity contribution in [1.29, 1.82) is 0 Å². The molecule has 0 saturated carbocycles. The summed E-state index contributed by atoms with van der Waals surface area (Å²) in [6.07, 6.45) is 2.07. The highest BCUT2D eigenvalue weighted by molar-refractivity contribution is 14.0. The summed E-state index contributed by atoms with van der Waals surface area (Å²) in [5.41, 5.74) is 4.29. The van der Waals surface area contributed by atoms with E-state index >= 15 is 0 Å². The van der Waals surface area contributed by atoms with Crippen LogP contribution in [0.4, 0.5) is 5.69 Å². The van der Waals surface area contributed by atoms with Crippen molar-refractivity contribution >= 4 is 47.4 Å². The van der Waals surface area contributed by atoms with E-state index in [1.54, 1.807) is 0 Å². The first-order valence-electron chi connectivity index (χ1n) is 11.4. The predicted octanol–water partition coefficient (Wildman–Crippen LogP) is 3.61. The number of benzene rings is 2. The van der Waals surface area contributed by atoms with Crippen LogP contribution in [0.5, 0.6) is 0 Å². The van der Waals surface area contributed by atoms with Gasteiger partial charge in [0.05, 0.1) is 6.54 Å². The zero-order valence-corrected chi connectivity index (χ0v) is 21.3. The van der Waals surface area contributed by atoms with E-state index in [4.69, 9.17) is 4.99 Å². The van der Waals surface area contributed by atoms with Crippen LogP contribution >= 0.6 is 24.0 Å². The van der Waals surface area contributed by atoms with Gasteiger partial charge in [0.1, 0.15) is 0 Å². The molecule has 3 N–H and O–H groups in total. The van der Waals surface area contributed by atoms with Gasteiger partial charge < -0.3 is 20.9 Å². The minimum Gasteiger partial charge on any atom is -0.357 e. The lowest BCUT2D eigenvalue weighted by molar-refractivity contribution is -0.128. The molecule has 0 spiro atoms. The third-order valence-electron chi connectivity index (χ3n) is 5.92. The number of aliphatic imine (C=N–C) groups is 1. The van der Waals surface area contributed by atoms with Crippen LogP contribution in [0, 0.1) is 0 Å². The summed E-state index contributed by atoms with van der Waals surface area (Å²) >= 11 is 0. The molecule has 0 aromatic heterocycles. The SMILES string of the molecule is CCNC(=NCc1cccc(CN2CCCC2=O)c1)NCC1CC(=O)Nc2ccccc21.I. The Morgan fingerprint density at radius 3 is 2.73 bits per heavy atom. The molecule has 1 atom stereocenters. The average molecular weight is 561 g/mol. The van der Waals surface area contributed by atoms with E-state index < -0.39 is 0 Å². The number of hydrogen-bond acceptors (Lipinski definition) is 3. The van der Waals surface area contributed by atoms with E-state index in [1.807, 2.05) is 36.1 Å². The fourth-order valence-corrected chi connectivity index (χ4v) is 4.33. The minimum atomic E-state index is 0. The first kappa shape index (κ1) is 25.0. The predicted molar refractivity (Wildman–Crippen MR) is 142 cm³/mol. The van der Waals surface area contributed by atoms with Gasteiger partial charge in [-0.05, 0) is 36.1 Å². The highest BCUT2D eigenvalue weighted by atomic mass is 127. The quantitative estimate of drug-likeness (QED) is 0.274. The first-order chi connectivity index (χ1) is 15.6. The molecule has 2 aliphatic heterocycles. The number of rotatable bonds is 7. The summed E-state index contributed by atoms with van der Waals surface area (Å²) in [5, 5.41) is 9.65. The monoisotopic (exact) mass is 561 g/mol. The Balaban J connectivity index is 0.00000306. The van der Waals surface area contributed by atoms with E-state index in [1.165, 1.54) is 0 Å². The number of para-hydroxylation sites is 1. The van der Waals surface area contributed by atoms with Crippen LogP contribution in [0.3, 0.4) is 0 Å². The largest absolute Gasteiger partial charge is 0.357 e. The van der Waals surface area contributed by atoms with Gasteiger partial charge in [-0.25, -0.2) is 4.99 Å². The molecule has 4 rings (SSSR count). The first-order valence-corrected chi connectivity index (χ1v) is 11.4. The maximum Gasteiger partial charge on any atom is 0.225 e. The Bertz CT molecular complexity index is 1010. The average Bonchev–Trinajstić information content (AvgIpc) is 3.20. The van der Waals surface area contributed by atoms with E-state index in [0.29, 0.717) is 32.5 Å². The number of guanidine groups is 1. The van der Waals surface area contributed by atoms with Crippen molar-refractivity contribution in [2.75, 3.05) is 25.0 Å². The third-order valence-corrected chi connectivity index (χ3v) is 5.92. The standard InChI is InChI=1S/C25H31N5O2.HI/c1-2-26-25(28-16-20-14-23(31)29-22-10-4-3-9-21(20)22)27-15-18-7-5-8-19(13-18)17-30-12-6-11-24(30)32;/h3-5,7-10,13,20H,2,6,11-12,14-17H2,1H3,(H,29,31)(H2,26,27,28);1H. The molecule has 1 fully saturated rings. The molecule has 2 aromatic carbocycles. The Hall–Kier alpha value is -2.62. The van der Waals surface area contributed by atoms with Gasteiger partial charge in [0.15, 0.2) is 5.96 Å². The topological polar surface area (TPSA) is 85.8 Å². The highest BCUT2D eigenvalue weighted by Crippen LogP contribution is 2.31. The lowest BCUT2D eigenvalue weighted by atomic mass is 9.90. The molecular weight excluding hydrogens is 529 g/mol. The number of halogens is 1. The second-order valence-corrected chi connectivity index (χ2v) is 8.35. The van der Waals surface area contributed by atoms with Gasteiger partial charge in [0.25, 0.3) is 0 Å². The molecule has 0 radical (unpaired) electrons. The number of carbonyl (C=O) groups excluding carboxylic acids is 2. The van der Waals surface area contributed by atoms with Gasteiger partial charge >= 0.3 is 0 Å². The van der Waals surface area contributed by atoms with Gasteiger partial charge in [0, 0.05) is 50.6 Å². The van der Waals surface area contributed by atoms with Crippen LogP contribution in [-0.2, 0) is 22.7 Å². The number of hydrogen-bond donors (Lipinski definition) is 3. The van der Waals surface area contributed by atoms with Crippen molar-refractivity contribution in [3.05, 3.63) is 65.2 Å². The summed E-state index contributed by atoms with van der Waals surface area (Å²) in [6, 6.07) is 16.2. The van der Waals surface area contributed by atoms with Crippen LogP contribution < -0.4 is 16.0 Å². The van der Waals surface area contributed by atoms with Gasteiger partial charge in [-0.1, -0.05) is 42.5 Å². The van der Waals surface area contributed by atoms with Crippen LogP contribution in [0.15, 0.2) is 53.5 Å². The minimum absolute atomic E-state index is 0. The zero-order valence-electron chi connectivity index (χ0n) is 19.0. The Kier molecular flexibility index (Phi) is 9.11. The number of amides is 2. The second kappa shape index (κ2) is 12.0. The molecule has 2 heterocycles. The van der Waals surface area contributed by atoms with Crippen LogP contribution in [-0.4, -0.2) is 42.3 Å². The van der Waals surface area contributed by atoms with Crippen molar-refractivity contribution in [3.8, 4) is 0 Å². The maximum atomic E-state index is 12.1. The van der Waals surface area contributed by atoms with Crippen molar-refractivity contribution in [2.24, 2.45) is 4.99 Å². The van der Waals surface area contributed by atoms with E-state index in [-0.39, 0.29) is 41.7 Å². The van der Waals surface area contributed by atoms with Gasteiger partial charge in [0.2, 0.25) is 11.8 Å². The maximum absolute atomic E-state index is 12.1. The van der Waals surface area contributed by atoms with Crippen molar-refractivity contribution in [3.63, 3.8) is 0 Å². The number of likely N-dealkylation sites (tertiary alicyclic amines) is 1. The molecule has 0 aliphatic carbocycles. The fraction of sp³-hybridized carbons (Fsp3) is 0.400. The molecule has 33 heavy (non-hydrogen) atoms. The van der Waals surface area contributed by atoms with Gasteiger partial charge in [-0.3, -0.25) is 9.59 Å². The van der Waals surface area contributed by atoms with Crippen LogP contribution in [0.25, 0.3) is 0 Å². The number of nitrogens with one attached hydrogen (secondary N) is 3.